The van der Waals surface area contributed by atoms with E-state index in [1.165, 1.54) is 45.3 Å². The van der Waals surface area contributed by atoms with Gasteiger partial charge in [-0.1, -0.05) is 13.8 Å². The molecule has 2 aliphatic rings. The fraction of sp³-hybridized carbons (Fsp3) is 1.00. The SMILES string of the molecule is CC(C)C1CCCN1C1CCNCC1. The molecule has 14 heavy (non-hydrogen) atoms. The van der Waals surface area contributed by atoms with Crippen LogP contribution in [0.15, 0.2) is 0 Å². The summed E-state index contributed by atoms with van der Waals surface area (Å²) in [7, 11) is 0. The standard InChI is InChI=1S/C12H24N2/c1-10(2)12-4-3-9-14(12)11-5-7-13-8-6-11/h10-13H,3-9H2,1-2H3. The van der Waals surface area contributed by atoms with Gasteiger partial charge >= 0.3 is 0 Å². The molecule has 0 aromatic heterocycles. The lowest BCUT2D eigenvalue weighted by molar-refractivity contribution is 0.121. The lowest BCUT2D eigenvalue weighted by atomic mass is 9.98. The van der Waals surface area contributed by atoms with Crippen LogP contribution in [0, 0.1) is 5.92 Å². The largest absolute Gasteiger partial charge is 0.317 e. The number of nitrogens with one attached hydrogen (secondary N) is 1. The minimum Gasteiger partial charge on any atom is -0.317 e. The zero-order valence-corrected chi connectivity index (χ0v) is 9.63. The molecule has 0 aliphatic carbocycles. The predicted octanol–water partition coefficient (Wildman–Crippen LogP) is 1.86. The third-order valence-electron chi connectivity index (χ3n) is 3.89. The molecule has 0 spiro atoms. The Bertz CT molecular complexity index is 173. The monoisotopic (exact) mass is 196 g/mol. The van der Waals surface area contributed by atoms with Crippen LogP contribution in [0.2, 0.25) is 0 Å². The van der Waals surface area contributed by atoms with E-state index in [9.17, 15) is 0 Å². The molecule has 2 nitrogen and oxygen atoms in total. The quantitative estimate of drug-likeness (QED) is 0.725. The van der Waals surface area contributed by atoms with Gasteiger partial charge in [0.15, 0.2) is 0 Å². The highest BCUT2D eigenvalue weighted by Crippen LogP contribution is 2.28. The molecule has 2 fully saturated rings. The van der Waals surface area contributed by atoms with E-state index >= 15 is 0 Å². The molecule has 0 saturated carbocycles. The Morgan fingerprint density at radius 3 is 2.50 bits per heavy atom. The summed E-state index contributed by atoms with van der Waals surface area (Å²) in [6.45, 7) is 8.57. The van der Waals surface area contributed by atoms with Crippen LogP contribution in [0.1, 0.15) is 39.5 Å². The van der Waals surface area contributed by atoms with E-state index < -0.39 is 0 Å². The highest BCUT2D eigenvalue weighted by atomic mass is 15.2. The van der Waals surface area contributed by atoms with Gasteiger partial charge in [0.05, 0.1) is 0 Å². The van der Waals surface area contributed by atoms with E-state index in [0.29, 0.717) is 0 Å². The highest BCUT2D eigenvalue weighted by molar-refractivity contribution is 4.88. The molecule has 0 amide bonds. The normalized spacial score (nSPS) is 31.5. The first-order chi connectivity index (χ1) is 6.79. The van der Waals surface area contributed by atoms with E-state index in [1.807, 2.05) is 0 Å². The summed E-state index contributed by atoms with van der Waals surface area (Å²) in [5.41, 5.74) is 0. The van der Waals surface area contributed by atoms with Gasteiger partial charge in [-0.15, -0.1) is 0 Å². The Kier molecular flexibility index (Phi) is 3.45. The minimum atomic E-state index is 0.840. The average Bonchev–Trinajstić information content (AvgIpc) is 2.67. The van der Waals surface area contributed by atoms with Crippen LogP contribution in [0.4, 0.5) is 0 Å². The van der Waals surface area contributed by atoms with Gasteiger partial charge in [0, 0.05) is 12.1 Å². The van der Waals surface area contributed by atoms with Crippen molar-refractivity contribution in [1.82, 2.24) is 10.2 Å². The highest BCUT2D eigenvalue weighted by Gasteiger charge is 2.32. The van der Waals surface area contributed by atoms with Crippen molar-refractivity contribution >= 4 is 0 Å². The molecular weight excluding hydrogens is 172 g/mol. The van der Waals surface area contributed by atoms with Crippen LogP contribution in [-0.4, -0.2) is 36.6 Å². The number of hydrogen-bond acceptors (Lipinski definition) is 2. The maximum absolute atomic E-state index is 3.46. The molecule has 82 valence electrons. The molecule has 2 heteroatoms. The van der Waals surface area contributed by atoms with Crippen LogP contribution in [0.3, 0.4) is 0 Å². The van der Waals surface area contributed by atoms with Crippen molar-refractivity contribution in [2.45, 2.75) is 51.6 Å². The van der Waals surface area contributed by atoms with Crippen LogP contribution >= 0.6 is 0 Å². The predicted molar refractivity (Wildman–Crippen MR) is 60.5 cm³/mol. The van der Waals surface area contributed by atoms with Crippen molar-refractivity contribution in [2.75, 3.05) is 19.6 Å². The van der Waals surface area contributed by atoms with Gasteiger partial charge in [-0.05, 0) is 51.2 Å². The zero-order chi connectivity index (χ0) is 9.97. The van der Waals surface area contributed by atoms with Gasteiger partial charge in [0.25, 0.3) is 0 Å². The third kappa shape index (κ3) is 2.12. The molecular formula is C12H24N2. The maximum atomic E-state index is 3.46. The number of nitrogens with zero attached hydrogens (tertiary/aromatic N) is 1. The van der Waals surface area contributed by atoms with E-state index in [-0.39, 0.29) is 0 Å². The number of hydrogen-bond donors (Lipinski definition) is 1. The van der Waals surface area contributed by atoms with Gasteiger partial charge < -0.3 is 5.32 Å². The van der Waals surface area contributed by atoms with Gasteiger partial charge in [-0.3, -0.25) is 4.90 Å². The second kappa shape index (κ2) is 4.63. The summed E-state index contributed by atoms with van der Waals surface area (Å²) in [5, 5.41) is 3.46. The van der Waals surface area contributed by atoms with Crippen molar-refractivity contribution in [3.05, 3.63) is 0 Å². The first-order valence-corrected chi connectivity index (χ1v) is 6.25. The van der Waals surface area contributed by atoms with Crippen molar-refractivity contribution in [1.29, 1.82) is 0 Å². The summed E-state index contributed by atoms with van der Waals surface area (Å²) in [4.78, 5) is 2.80. The summed E-state index contributed by atoms with van der Waals surface area (Å²) >= 11 is 0. The van der Waals surface area contributed by atoms with Crippen molar-refractivity contribution in [3.8, 4) is 0 Å². The fourth-order valence-electron chi connectivity index (χ4n) is 3.12. The third-order valence-corrected chi connectivity index (χ3v) is 3.89. The lowest BCUT2D eigenvalue weighted by Gasteiger charge is -2.37. The average molecular weight is 196 g/mol. The summed E-state index contributed by atoms with van der Waals surface area (Å²) in [6.07, 6.45) is 5.58. The Hall–Kier alpha value is -0.0800. The fourth-order valence-corrected chi connectivity index (χ4v) is 3.12. The van der Waals surface area contributed by atoms with Crippen molar-refractivity contribution in [3.63, 3.8) is 0 Å². The van der Waals surface area contributed by atoms with Crippen LogP contribution in [0.25, 0.3) is 0 Å². The molecule has 0 radical (unpaired) electrons. The number of likely N-dealkylation sites (tertiary alicyclic amines) is 1. The topological polar surface area (TPSA) is 15.3 Å². The Morgan fingerprint density at radius 1 is 1.14 bits per heavy atom. The van der Waals surface area contributed by atoms with Crippen LogP contribution in [0.5, 0.6) is 0 Å². The van der Waals surface area contributed by atoms with E-state index in [1.54, 1.807) is 0 Å². The van der Waals surface area contributed by atoms with Gasteiger partial charge in [0.1, 0.15) is 0 Å². The Morgan fingerprint density at radius 2 is 1.86 bits per heavy atom. The molecule has 0 bridgehead atoms. The molecule has 0 aromatic carbocycles. The zero-order valence-electron chi connectivity index (χ0n) is 9.63. The van der Waals surface area contributed by atoms with Gasteiger partial charge in [-0.25, -0.2) is 0 Å². The molecule has 0 aromatic rings. The van der Waals surface area contributed by atoms with Gasteiger partial charge in [-0.2, -0.15) is 0 Å². The first-order valence-electron chi connectivity index (χ1n) is 6.25. The van der Waals surface area contributed by atoms with Crippen molar-refractivity contribution in [2.24, 2.45) is 5.92 Å². The first kappa shape index (κ1) is 10.4. The molecule has 2 aliphatic heterocycles. The molecule has 1 unspecified atom stereocenters. The minimum absolute atomic E-state index is 0.840. The molecule has 2 rings (SSSR count). The smallest absolute Gasteiger partial charge is 0.0122 e. The maximum Gasteiger partial charge on any atom is 0.0122 e. The second-order valence-electron chi connectivity index (χ2n) is 5.17. The summed E-state index contributed by atoms with van der Waals surface area (Å²) in [5.74, 6) is 0.840. The molecule has 2 heterocycles. The van der Waals surface area contributed by atoms with E-state index in [4.69, 9.17) is 0 Å². The molecule has 2 saturated heterocycles. The molecule has 1 N–H and O–H groups in total. The molecule has 1 atom stereocenters. The van der Waals surface area contributed by atoms with Crippen LogP contribution < -0.4 is 5.32 Å². The van der Waals surface area contributed by atoms with Crippen LogP contribution in [-0.2, 0) is 0 Å². The Labute approximate surface area is 88.1 Å². The van der Waals surface area contributed by atoms with E-state index in [0.717, 1.165) is 18.0 Å². The van der Waals surface area contributed by atoms with Gasteiger partial charge in [0.2, 0.25) is 0 Å². The van der Waals surface area contributed by atoms with E-state index in [2.05, 4.69) is 24.1 Å². The van der Waals surface area contributed by atoms with Crippen molar-refractivity contribution < 1.29 is 0 Å². The lowest BCUT2D eigenvalue weighted by Crippen LogP contribution is -2.46. The second-order valence-corrected chi connectivity index (χ2v) is 5.17. The number of rotatable bonds is 2. The summed E-state index contributed by atoms with van der Waals surface area (Å²) in [6, 6.07) is 1.75. The summed E-state index contributed by atoms with van der Waals surface area (Å²) < 4.78 is 0. The Balaban J connectivity index is 1.94. The number of piperidine rings is 1.